The van der Waals surface area contributed by atoms with E-state index in [9.17, 15) is 19.5 Å². The topological polar surface area (TPSA) is 96.4 Å². The van der Waals surface area contributed by atoms with Crippen molar-refractivity contribution in [3.05, 3.63) is 24.3 Å². The fourth-order valence-corrected chi connectivity index (χ4v) is 6.16. The van der Waals surface area contributed by atoms with Crippen molar-refractivity contribution in [3.8, 4) is 0 Å². The van der Waals surface area contributed by atoms with Crippen LogP contribution in [-0.4, -0.2) is 82.3 Å². The summed E-state index contributed by atoms with van der Waals surface area (Å²) in [6, 6.07) is -1.52. The Morgan fingerprint density at radius 3 is 2.62 bits per heavy atom. The van der Waals surface area contributed by atoms with Crippen molar-refractivity contribution >= 4 is 17.8 Å². The molecule has 4 rings (SSSR count). The first-order valence-corrected chi connectivity index (χ1v) is 12.7. The van der Waals surface area contributed by atoms with Crippen LogP contribution in [0.25, 0.3) is 0 Å². The Hall–Kier alpha value is -2.19. The first-order valence-electron chi connectivity index (χ1n) is 12.7. The van der Waals surface area contributed by atoms with E-state index in [-0.39, 0.29) is 37.0 Å². The molecule has 2 fully saturated rings. The van der Waals surface area contributed by atoms with Gasteiger partial charge in [0.05, 0.1) is 31.3 Å². The number of hydrogen-bond donors (Lipinski definition) is 1. The summed E-state index contributed by atoms with van der Waals surface area (Å²) in [6.07, 6.45) is 10.1. The number of carbonyl (C=O) groups excluding carboxylic acids is 3. The fraction of sp³-hybridized carbons (Fsp3) is 0.731. The molecule has 7 atom stereocenters. The minimum atomic E-state index is -1.28. The number of rotatable bonds is 6. The van der Waals surface area contributed by atoms with Crippen LogP contribution >= 0.6 is 0 Å². The number of likely N-dealkylation sites (tertiary alicyclic amines) is 1. The van der Waals surface area contributed by atoms with Crippen LogP contribution in [0.4, 0.5) is 0 Å². The van der Waals surface area contributed by atoms with Gasteiger partial charge in [0.2, 0.25) is 11.8 Å². The number of allylic oxidation sites excluding steroid dienone is 1. The zero-order valence-corrected chi connectivity index (χ0v) is 20.7. The first kappa shape index (κ1) is 24.9. The second kappa shape index (κ2) is 9.82. The molecule has 4 aliphatic heterocycles. The summed E-state index contributed by atoms with van der Waals surface area (Å²) >= 11 is 0. The van der Waals surface area contributed by atoms with Crippen LogP contribution in [0.1, 0.15) is 53.4 Å². The van der Waals surface area contributed by atoms with Crippen LogP contribution in [0.5, 0.6) is 0 Å². The van der Waals surface area contributed by atoms with E-state index in [1.54, 1.807) is 4.90 Å². The molecular formula is C26H38N2O6. The van der Waals surface area contributed by atoms with E-state index in [0.717, 1.165) is 19.3 Å². The van der Waals surface area contributed by atoms with E-state index < -0.39 is 41.6 Å². The van der Waals surface area contributed by atoms with Crippen molar-refractivity contribution in [2.45, 2.75) is 83.2 Å². The van der Waals surface area contributed by atoms with Gasteiger partial charge in [0.25, 0.3) is 0 Å². The molecule has 0 bridgehead atoms. The monoisotopic (exact) mass is 474 g/mol. The van der Waals surface area contributed by atoms with Crippen molar-refractivity contribution < 1.29 is 29.0 Å². The lowest BCUT2D eigenvalue weighted by atomic mass is 9.78. The van der Waals surface area contributed by atoms with Crippen LogP contribution in [-0.2, 0) is 23.9 Å². The maximum absolute atomic E-state index is 14.2. The molecule has 2 saturated heterocycles. The Morgan fingerprint density at radius 1 is 1.18 bits per heavy atom. The highest BCUT2D eigenvalue weighted by Gasteiger charge is 2.72. The summed E-state index contributed by atoms with van der Waals surface area (Å²) in [6.45, 7) is 8.37. The molecule has 0 aromatic carbocycles. The normalized spacial score (nSPS) is 36.1. The minimum Gasteiger partial charge on any atom is -0.465 e. The number of aliphatic hydroxyl groups excluding tert-OH is 1. The summed E-state index contributed by atoms with van der Waals surface area (Å²) in [7, 11) is 0. The quantitative estimate of drug-likeness (QED) is 0.468. The van der Waals surface area contributed by atoms with Gasteiger partial charge in [-0.1, -0.05) is 51.5 Å². The van der Waals surface area contributed by atoms with Gasteiger partial charge in [-0.15, -0.1) is 0 Å². The number of fused-ring (bicyclic) bond motifs is 2. The smallest absolute Gasteiger partial charge is 0.312 e. The molecule has 8 nitrogen and oxygen atoms in total. The molecule has 0 aromatic heterocycles. The number of amides is 2. The summed E-state index contributed by atoms with van der Waals surface area (Å²) < 4.78 is 12.1. The van der Waals surface area contributed by atoms with Gasteiger partial charge in [0.1, 0.15) is 17.6 Å². The lowest BCUT2D eigenvalue weighted by Crippen LogP contribution is -2.60. The SMILES string of the molecule is CCCC(C)N1CC=C[C@]23O[C@@H]4/C=C\CCCOC(=O)[C@@H]4[C@H]2C(=O)N([C@@H](CO)C(C)C)C3C1=O. The Kier molecular flexibility index (Phi) is 7.20. The van der Waals surface area contributed by atoms with Crippen LogP contribution in [0.15, 0.2) is 24.3 Å². The van der Waals surface area contributed by atoms with E-state index >= 15 is 0 Å². The molecule has 0 radical (unpaired) electrons. The van der Waals surface area contributed by atoms with Crippen molar-refractivity contribution in [1.82, 2.24) is 9.80 Å². The van der Waals surface area contributed by atoms with E-state index in [2.05, 4.69) is 6.92 Å². The maximum Gasteiger partial charge on any atom is 0.312 e. The highest BCUT2D eigenvalue weighted by Crippen LogP contribution is 2.54. The number of esters is 1. The molecular weight excluding hydrogens is 436 g/mol. The van der Waals surface area contributed by atoms with Gasteiger partial charge in [-0.05, 0) is 32.1 Å². The summed E-state index contributed by atoms with van der Waals surface area (Å²) in [5.41, 5.74) is -1.28. The minimum absolute atomic E-state index is 0.0108. The third-order valence-corrected chi connectivity index (χ3v) is 7.87. The Morgan fingerprint density at radius 2 is 1.94 bits per heavy atom. The van der Waals surface area contributed by atoms with Gasteiger partial charge in [0.15, 0.2) is 0 Å². The number of carbonyl (C=O) groups is 3. The van der Waals surface area contributed by atoms with Crippen molar-refractivity contribution in [2.75, 3.05) is 19.8 Å². The summed E-state index contributed by atoms with van der Waals surface area (Å²) in [4.78, 5) is 44.8. The summed E-state index contributed by atoms with van der Waals surface area (Å²) in [5, 5.41) is 10.3. The highest BCUT2D eigenvalue weighted by atomic mass is 16.6. The molecule has 2 amide bonds. The zero-order chi connectivity index (χ0) is 24.6. The lowest BCUT2D eigenvalue weighted by molar-refractivity contribution is -0.157. The number of ether oxygens (including phenoxy) is 2. The zero-order valence-electron chi connectivity index (χ0n) is 20.7. The van der Waals surface area contributed by atoms with E-state index in [0.29, 0.717) is 13.0 Å². The van der Waals surface area contributed by atoms with Gasteiger partial charge in [-0.25, -0.2) is 0 Å². The van der Waals surface area contributed by atoms with E-state index in [1.165, 1.54) is 4.90 Å². The fourth-order valence-electron chi connectivity index (χ4n) is 6.16. The van der Waals surface area contributed by atoms with Crippen molar-refractivity contribution in [1.29, 1.82) is 0 Å². The van der Waals surface area contributed by atoms with Crippen molar-refractivity contribution in [3.63, 3.8) is 0 Å². The molecule has 0 saturated carbocycles. The highest BCUT2D eigenvalue weighted by molar-refractivity contribution is 5.99. The maximum atomic E-state index is 14.2. The second-order valence-corrected chi connectivity index (χ2v) is 10.4. The van der Waals surface area contributed by atoms with Gasteiger partial charge >= 0.3 is 5.97 Å². The number of hydrogen-bond acceptors (Lipinski definition) is 6. The van der Waals surface area contributed by atoms with E-state index in [1.807, 2.05) is 45.1 Å². The predicted molar refractivity (Wildman–Crippen MR) is 125 cm³/mol. The Balaban J connectivity index is 1.85. The number of aliphatic hydroxyl groups is 1. The Bertz CT molecular complexity index is 869. The standard InChI is InChI=1S/C26H38N2O6/c1-5-10-17(4)27-13-9-12-26-21(20-19(34-26)11-7-6-8-14-33-25(20)32)23(30)28(22(26)24(27)31)18(15-29)16(2)3/h7,9,11-12,16-22,29H,5-6,8,10,13-15H2,1-4H3/b11-7-/t17?,18-,19+,20-,21-,22?,26-/m0/s1. The first-order chi connectivity index (χ1) is 16.3. The third kappa shape index (κ3) is 3.88. The molecule has 4 heterocycles. The molecule has 2 unspecified atom stereocenters. The second-order valence-electron chi connectivity index (χ2n) is 10.4. The van der Waals surface area contributed by atoms with Crippen LogP contribution in [0.3, 0.4) is 0 Å². The third-order valence-electron chi connectivity index (χ3n) is 7.87. The van der Waals surface area contributed by atoms with Crippen LogP contribution < -0.4 is 0 Å². The molecule has 0 aromatic rings. The Labute approximate surface area is 201 Å². The molecule has 4 aliphatic rings. The predicted octanol–water partition coefficient (Wildman–Crippen LogP) is 2.06. The molecule has 1 spiro atoms. The molecule has 34 heavy (non-hydrogen) atoms. The van der Waals surface area contributed by atoms with Crippen molar-refractivity contribution in [2.24, 2.45) is 17.8 Å². The van der Waals surface area contributed by atoms with Gasteiger partial charge in [-0.3, -0.25) is 14.4 Å². The van der Waals surface area contributed by atoms with E-state index in [4.69, 9.17) is 9.47 Å². The summed E-state index contributed by atoms with van der Waals surface area (Å²) in [5.74, 6) is -2.78. The molecule has 1 N–H and O–H groups in total. The number of nitrogens with zero attached hydrogens (tertiary/aromatic N) is 2. The van der Waals surface area contributed by atoms with Gasteiger partial charge in [-0.2, -0.15) is 0 Å². The molecule has 0 aliphatic carbocycles. The largest absolute Gasteiger partial charge is 0.465 e. The molecule has 188 valence electrons. The van der Waals surface area contributed by atoms with Gasteiger partial charge < -0.3 is 24.4 Å². The number of cyclic esters (lactones) is 1. The average Bonchev–Trinajstić information content (AvgIpc) is 3.19. The van der Waals surface area contributed by atoms with Crippen LogP contribution in [0, 0.1) is 17.8 Å². The van der Waals surface area contributed by atoms with Gasteiger partial charge in [0, 0.05) is 12.6 Å². The molecule has 8 heteroatoms. The average molecular weight is 475 g/mol. The van der Waals surface area contributed by atoms with Crippen LogP contribution in [0.2, 0.25) is 0 Å². The lowest BCUT2D eigenvalue weighted by Gasteiger charge is -2.41.